The lowest BCUT2D eigenvalue weighted by atomic mass is 10.1. The fourth-order valence-corrected chi connectivity index (χ4v) is 2.24. The minimum absolute atomic E-state index is 0.0891. The SMILES string of the molecule is C=CC(=O)N1CC[C@@H]2CNC[C@@H]21. The van der Waals surface area contributed by atoms with E-state index in [1.165, 1.54) is 6.08 Å². The Bertz CT molecular complexity index is 215. The van der Waals surface area contributed by atoms with Crippen LogP contribution in [0.25, 0.3) is 0 Å². The summed E-state index contributed by atoms with van der Waals surface area (Å²) in [5.41, 5.74) is 0. The van der Waals surface area contributed by atoms with Crippen molar-refractivity contribution in [2.45, 2.75) is 12.5 Å². The van der Waals surface area contributed by atoms with E-state index in [4.69, 9.17) is 0 Å². The summed E-state index contributed by atoms with van der Waals surface area (Å²) in [7, 11) is 0. The van der Waals surface area contributed by atoms with Crippen LogP contribution >= 0.6 is 0 Å². The van der Waals surface area contributed by atoms with Crippen molar-refractivity contribution in [1.82, 2.24) is 10.2 Å². The van der Waals surface area contributed by atoms with Crippen LogP contribution < -0.4 is 5.32 Å². The Kier molecular flexibility index (Phi) is 1.89. The number of nitrogens with one attached hydrogen (secondary N) is 1. The van der Waals surface area contributed by atoms with Crippen LogP contribution in [0.4, 0.5) is 0 Å². The molecule has 0 aromatic carbocycles. The summed E-state index contributed by atoms with van der Waals surface area (Å²) in [6.07, 6.45) is 2.57. The third kappa shape index (κ3) is 1.05. The number of fused-ring (bicyclic) bond motifs is 1. The van der Waals surface area contributed by atoms with E-state index in [0.717, 1.165) is 26.1 Å². The van der Waals surface area contributed by atoms with Gasteiger partial charge >= 0.3 is 0 Å². The molecule has 2 saturated heterocycles. The summed E-state index contributed by atoms with van der Waals surface area (Å²) in [6.45, 7) is 6.46. The zero-order chi connectivity index (χ0) is 8.55. The minimum atomic E-state index is 0.0891. The van der Waals surface area contributed by atoms with Crippen LogP contribution in [0.1, 0.15) is 6.42 Å². The van der Waals surface area contributed by atoms with Gasteiger partial charge in [-0.05, 0) is 18.4 Å². The maximum absolute atomic E-state index is 11.3. The molecule has 0 aromatic rings. The Labute approximate surface area is 72.4 Å². The maximum atomic E-state index is 11.3. The zero-order valence-electron chi connectivity index (χ0n) is 7.12. The standard InChI is InChI=1S/C9H14N2O/c1-2-9(12)11-4-3-7-5-10-6-8(7)11/h2,7-8,10H,1,3-6H2/t7-,8+/m1/s1. The van der Waals surface area contributed by atoms with Crippen LogP contribution in [0, 0.1) is 5.92 Å². The van der Waals surface area contributed by atoms with E-state index in [2.05, 4.69) is 11.9 Å². The van der Waals surface area contributed by atoms with Crippen molar-refractivity contribution in [3.05, 3.63) is 12.7 Å². The van der Waals surface area contributed by atoms with Gasteiger partial charge in [0.25, 0.3) is 0 Å². The van der Waals surface area contributed by atoms with Gasteiger partial charge in [-0.1, -0.05) is 6.58 Å². The van der Waals surface area contributed by atoms with Gasteiger partial charge in [0.1, 0.15) is 0 Å². The number of hydrogen-bond donors (Lipinski definition) is 1. The predicted molar refractivity (Wildman–Crippen MR) is 46.7 cm³/mol. The molecule has 0 radical (unpaired) electrons. The zero-order valence-corrected chi connectivity index (χ0v) is 7.12. The van der Waals surface area contributed by atoms with Gasteiger partial charge in [0.15, 0.2) is 0 Å². The molecule has 0 bridgehead atoms. The van der Waals surface area contributed by atoms with Gasteiger partial charge in [0.05, 0.1) is 0 Å². The summed E-state index contributed by atoms with van der Waals surface area (Å²) >= 11 is 0. The highest BCUT2D eigenvalue weighted by Gasteiger charge is 2.38. The first-order valence-electron chi connectivity index (χ1n) is 4.46. The lowest BCUT2D eigenvalue weighted by molar-refractivity contribution is -0.126. The van der Waals surface area contributed by atoms with Crippen molar-refractivity contribution in [3.63, 3.8) is 0 Å². The summed E-state index contributed by atoms with van der Waals surface area (Å²) in [6, 6.07) is 0.440. The molecule has 2 aliphatic heterocycles. The molecule has 0 spiro atoms. The van der Waals surface area contributed by atoms with E-state index in [-0.39, 0.29) is 5.91 Å². The lowest BCUT2D eigenvalue weighted by Crippen LogP contribution is -2.37. The first-order chi connectivity index (χ1) is 5.83. The number of rotatable bonds is 1. The molecular formula is C9H14N2O. The molecule has 3 heteroatoms. The highest BCUT2D eigenvalue weighted by Crippen LogP contribution is 2.26. The average Bonchev–Trinajstić information content (AvgIpc) is 2.62. The summed E-state index contributed by atoms with van der Waals surface area (Å²) in [5, 5.41) is 3.31. The third-order valence-electron chi connectivity index (χ3n) is 2.90. The molecule has 2 atom stereocenters. The Balaban J connectivity index is 2.08. The third-order valence-corrected chi connectivity index (χ3v) is 2.90. The summed E-state index contributed by atoms with van der Waals surface area (Å²) < 4.78 is 0. The molecule has 2 heterocycles. The molecule has 0 aromatic heterocycles. The first kappa shape index (κ1) is 7.80. The van der Waals surface area contributed by atoms with Crippen LogP contribution in [0.15, 0.2) is 12.7 Å². The predicted octanol–water partition coefficient (Wildman–Crippen LogP) is -0.00730. The van der Waals surface area contributed by atoms with Gasteiger partial charge in [-0.3, -0.25) is 4.79 Å². The van der Waals surface area contributed by atoms with Gasteiger partial charge in [0, 0.05) is 25.7 Å². The molecule has 2 fully saturated rings. The highest BCUT2D eigenvalue weighted by molar-refractivity contribution is 5.87. The van der Waals surface area contributed by atoms with Crippen molar-refractivity contribution in [2.75, 3.05) is 19.6 Å². The number of hydrogen-bond acceptors (Lipinski definition) is 2. The lowest BCUT2D eigenvalue weighted by Gasteiger charge is -2.21. The molecule has 1 N–H and O–H groups in total. The largest absolute Gasteiger partial charge is 0.335 e. The second kappa shape index (κ2) is 2.90. The van der Waals surface area contributed by atoms with E-state index < -0.39 is 0 Å². The molecule has 2 rings (SSSR count). The number of nitrogens with zero attached hydrogens (tertiary/aromatic N) is 1. The monoisotopic (exact) mass is 166 g/mol. The maximum Gasteiger partial charge on any atom is 0.246 e. The van der Waals surface area contributed by atoms with Crippen LogP contribution in [0.2, 0.25) is 0 Å². The molecule has 0 aliphatic carbocycles. The normalized spacial score (nSPS) is 33.5. The van der Waals surface area contributed by atoms with E-state index in [0.29, 0.717) is 12.0 Å². The van der Waals surface area contributed by atoms with Crippen molar-refractivity contribution < 1.29 is 4.79 Å². The first-order valence-corrected chi connectivity index (χ1v) is 4.46. The fourth-order valence-electron chi connectivity index (χ4n) is 2.24. The second-order valence-corrected chi connectivity index (χ2v) is 3.51. The second-order valence-electron chi connectivity index (χ2n) is 3.51. The Morgan fingerprint density at radius 1 is 1.58 bits per heavy atom. The van der Waals surface area contributed by atoms with Crippen LogP contribution in [-0.2, 0) is 4.79 Å². The molecule has 66 valence electrons. The van der Waals surface area contributed by atoms with E-state index in [9.17, 15) is 4.79 Å². The van der Waals surface area contributed by atoms with Crippen LogP contribution in [0.5, 0.6) is 0 Å². The molecular weight excluding hydrogens is 152 g/mol. The van der Waals surface area contributed by atoms with Crippen LogP contribution in [0.3, 0.4) is 0 Å². The molecule has 1 amide bonds. The van der Waals surface area contributed by atoms with E-state index >= 15 is 0 Å². The van der Waals surface area contributed by atoms with E-state index in [1.807, 2.05) is 4.90 Å². The smallest absolute Gasteiger partial charge is 0.246 e. The van der Waals surface area contributed by atoms with E-state index in [1.54, 1.807) is 0 Å². The van der Waals surface area contributed by atoms with Crippen LogP contribution in [-0.4, -0.2) is 36.5 Å². The number of amides is 1. The molecule has 0 saturated carbocycles. The van der Waals surface area contributed by atoms with Gasteiger partial charge in [0.2, 0.25) is 5.91 Å². The van der Waals surface area contributed by atoms with Crippen molar-refractivity contribution in [3.8, 4) is 0 Å². The van der Waals surface area contributed by atoms with Gasteiger partial charge in [-0.25, -0.2) is 0 Å². The molecule has 12 heavy (non-hydrogen) atoms. The molecule has 0 unspecified atom stereocenters. The Morgan fingerprint density at radius 2 is 2.42 bits per heavy atom. The van der Waals surface area contributed by atoms with Crippen molar-refractivity contribution in [1.29, 1.82) is 0 Å². The fraction of sp³-hybridized carbons (Fsp3) is 0.667. The molecule has 3 nitrogen and oxygen atoms in total. The number of likely N-dealkylation sites (tertiary alicyclic amines) is 1. The number of carbonyl (C=O) groups is 1. The average molecular weight is 166 g/mol. The highest BCUT2D eigenvalue weighted by atomic mass is 16.2. The van der Waals surface area contributed by atoms with Crippen molar-refractivity contribution in [2.24, 2.45) is 5.92 Å². The summed E-state index contributed by atoms with van der Waals surface area (Å²) in [5.74, 6) is 0.778. The summed E-state index contributed by atoms with van der Waals surface area (Å²) in [4.78, 5) is 13.3. The Morgan fingerprint density at radius 3 is 3.17 bits per heavy atom. The molecule has 2 aliphatic rings. The van der Waals surface area contributed by atoms with Gasteiger partial charge < -0.3 is 10.2 Å². The van der Waals surface area contributed by atoms with Gasteiger partial charge in [-0.15, -0.1) is 0 Å². The van der Waals surface area contributed by atoms with Crippen molar-refractivity contribution >= 4 is 5.91 Å². The Hall–Kier alpha value is -0.830. The quantitative estimate of drug-likeness (QED) is 0.556. The number of carbonyl (C=O) groups excluding carboxylic acids is 1. The van der Waals surface area contributed by atoms with Gasteiger partial charge in [-0.2, -0.15) is 0 Å². The topological polar surface area (TPSA) is 32.3 Å². The minimum Gasteiger partial charge on any atom is -0.335 e.